The van der Waals surface area contributed by atoms with Crippen molar-refractivity contribution < 1.29 is 19.2 Å². The lowest BCUT2D eigenvalue weighted by Crippen LogP contribution is -2.41. The molecule has 152 valence electrons. The van der Waals surface area contributed by atoms with Crippen molar-refractivity contribution in [2.45, 2.75) is 6.04 Å². The predicted molar refractivity (Wildman–Crippen MR) is 112 cm³/mol. The van der Waals surface area contributed by atoms with Gasteiger partial charge in [-0.15, -0.1) is 0 Å². The summed E-state index contributed by atoms with van der Waals surface area (Å²) in [4.78, 5) is 31.1. The van der Waals surface area contributed by atoms with Crippen molar-refractivity contribution in [2.24, 2.45) is 5.92 Å². The number of rotatable bonds is 3. The van der Waals surface area contributed by atoms with E-state index in [1.165, 1.54) is 5.06 Å². The number of ether oxygens (including phenoxy) is 1. The summed E-state index contributed by atoms with van der Waals surface area (Å²) in [5.41, 5.74) is 1.40. The zero-order valence-electron chi connectivity index (χ0n) is 16.0. The summed E-state index contributed by atoms with van der Waals surface area (Å²) >= 11 is 5.86. The van der Waals surface area contributed by atoms with Crippen molar-refractivity contribution in [1.82, 2.24) is 10.4 Å². The summed E-state index contributed by atoms with van der Waals surface area (Å²) in [6.07, 6.45) is 0. The first-order chi connectivity index (χ1) is 14.6. The maximum absolute atomic E-state index is 13.0. The van der Waals surface area contributed by atoms with Crippen LogP contribution in [0.15, 0.2) is 60.7 Å². The Hall–Kier alpha value is -3.09. The second-order valence-corrected chi connectivity index (χ2v) is 7.86. The van der Waals surface area contributed by atoms with Crippen LogP contribution in [0.2, 0.25) is 5.02 Å². The minimum Gasteiger partial charge on any atom is -0.493 e. The van der Waals surface area contributed by atoms with E-state index < -0.39 is 0 Å². The fourth-order valence-electron chi connectivity index (χ4n) is 4.10. The van der Waals surface area contributed by atoms with E-state index in [4.69, 9.17) is 21.2 Å². The van der Waals surface area contributed by atoms with Gasteiger partial charge in [0.05, 0.1) is 25.8 Å². The lowest BCUT2D eigenvalue weighted by molar-refractivity contribution is -0.175. The summed E-state index contributed by atoms with van der Waals surface area (Å²) < 4.78 is 5.94. The number of hydrogen-bond donors (Lipinski definition) is 1. The molecular weight excluding hydrogens is 404 g/mol. The van der Waals surface area contributed by atoms with Gasteiger partial charge in [-0.05, 0) is 41.1 Å². The molecule has 1 fully saturated rings. The van der Waals surface area contributed by atoms with Crippen molar-refractivity contribution in [3.05, 3.63) is 76.8 Å². The average Bonchev–Trinajstić information content (AvgIpc) is 3.22. The van der Waals surface area contributed by atoms with Gasteiger partial charge in [-0.2, -0.15) is 0 Å². The van der Waals surface area contributed by atoms with Crippen molar-refractivity contribution in [3.63, 3.8) is 0 Å². The van der Waals surface area contributed by atoms with E-state index in [2.05, 4.69) is 5.32 Å². The molecule has 5 rings (SSSR count). The van der Waals surface area contributed by atoms with Crippen LogP contribution in [0, 0.1) is 5.92 Å². The molecule has 2 aliphatic rings. The highest BCUT2D eigenvalue weighted by Gasteiger charge is 2.44. The van der Waals surface area contributed by atoms with Gasteiger partial charge in [-0.3, -0.25) is 14.4 Å². The van der Waals surface area contributed by atoms with Gasteiger partial charge < -0.3 is 10.1 Å². The first-order valence-corrected chi connectivity index (χ1v) is 10.1. The molecule has 7 heteroatoms. The van der Waals surface area contributed by atoms with Crippen molar-refractivity contribution in [2.75, 3.05) is 19.8 Å². The third kappa shape index (κ3) is 3.28. The van der Waals surface area contributed by atoms with E-state index in [9.17, 15) is 9.59 Å². The fourth-order valence-corrected chi connectivity index (χ4v) is 4.22. The number of nitrogens with one attached hydrogen (secondary N) is 1. The molecule has 6 nitrogen and oxygen atoms in total. The molecule has 2 amide bonds. The van der Waals surface area contributed by atoms with Crippen molar-refractivity contribution >= 4 is 34.2 Å². The molecule has 2 heterocycles. The topological polar surface area (TPSA) is 67.9 Å². The number of fused-ring (bicyclic) bond motifs is 5. The van der Waals surface area contributed by atoms with Gasteiger partial charge in [0.25, 0.3) is 11.8 Å². The first-order valence-electron chi connectivity index (χ1n) is 9.75. The Balaban J connectivity index is 1.38. The number of halogens is 1. The number of nitrogens with zero attached hydrogens (tertiary/aromatic N) is 1. The highest BCUT2D eigenvalue weighted by atomic mass is 35.5. The Kier molecular flexibility index (Phi) is 4.81. The lowest BCUT2D eigenvalue weighted by Gasteiger charge is -2.32. The quantitative estimate of drug-likeness (QED) is 0.698. The summed E-state index contributed by atoms with van der Waals surface area (Å²) in [5.74, 6) is 0.168. The number of hydrogen-bond acceptors (Lipinski definition) is 4. The summed E-state index contributed by atoms with van der Waals surface area (Å²) in [7, 11) is 0. The monoisotopic (exact) mass is 422 g/mol. The minimum absolute atomic E-state index is 0.0409. The molecule has 1 N–H and O–H groups in total. The number of amides is 2. The molecule has 0 aliphatic carbocycles. The summed E-state index contributed by atoms with van der Waals surface area (Å²) in [6, 6.07) is 18.2. The van der Waals surface area contributed by atoms with E-state index in [-0.39, 0.29) is 30.3 Å². The predicted octanol–water partition coefficient (Wildman–Crippen LogP) is 3.75. The number of hydroxylamine groups is 2. The molecule has 3 aromatic rings. The van der Waals surface area contributed by atoms with Crippen LogP contribution in [-0.4, -0.2) is 36.6 Å². The smallest absolute Gasteiger partial charge is 0.266 e. The Bertz CT molecular complexity index is 1130. The third-order valence-electron chi connectivity index (χ3n) is 5.56. The highest BCUT2D eigenvalue weighted by molar-refractivity contribution is 6.30. The molecule has 2 aliphatic heterocycles. The minimum atomic E-state index is -0.339. The van der Waals surface area contributed by atoms with E-state index in [1.54, 1.807) is 24.3 Å². The van der Waals surface area contributed by atoms with Gasteiger partial charge in [0.1, 0.15) is 5.75 Å². The highest BCUT2D eigenvalue weighted by Crippen LogP contribution is 2.46. The third-order valence-corrected chi connectivity index (χ3v) is 5.81. The lowest BCUT2D eigenvalue weighted by atomic mass is 9.88. The van der Waals surface area contributed by atoms with Crippen LogP contribution in [0.5, 0.6) is 5.75 Å². The average molecular weight is 423 g/mol. The standard InChI is InChI=1S/C23H19ClN2O4/c24-17-8-5-15(6-9-17)23(28)25-11-20(27)26-22-16(13-30-26)12-29-19-10-7-14-3-1-2-4-18(14)21(19)22/h1-10,16,22H,11-13H2,(H,25,28)/t16-,22+/m0/s1. The van der Waals surface area contributed by atoms with Crippen molar-refractivity contribution in [1.29, 1.82) is 0 Å². The van der Waals surface area contributed by atoms with E-state index in [0.29, 0.717) is 23.8 Å². The molecule has 0 radical (unpaired) electrons. The Morgan fingerprint density at radius 1 is 1.03 bits per heavy atom. The normalized spacial score (nSPS) is 19.7. The van der Waals surface area contributed by atoms with Gasteiger partial charge in [0.2, 0.25) is 0 Å². The molecule has 0 saturated carbocycles. The summed E-state index contributed by atoms with van der Waals surface area (Å²) in [6.45, 7) is 0.715. The van der Waals surface area contributed by atoms with Crippen LogP contribution in [0.4, 0.5) is 0 Å². The molecule has 2 atom stereocenters. The zero-order valence-corrected chi connectivity index (χ0v) is 16.8. The molecule has 3 aromatic carbocycles. The Morgan fingerprint density at radius 3 is 2.67 bits per heavy atom. The van der Waals surface area contributed by atoms with Gasteiger partial charge >= 0.3 is 0 Å². The number of benzene rings is 3. The molecule has 0 bridgehead atoms. The van der Waals surface area contributed by atoms with E-state index in [0.717, 1.165) is 22.1 Å². The SMILES string of the molecule is O=C(NCC(=O)N1OC[C@@H]2COc3ccc4ccccc4c3[C@@H]21)c1ccc(Cl)cc1. The van der Waals surface area contributed by atoms with Gasteiger partial charge in [-0.1, -0.05) is 41.9 Å². The molecule has 30 heavy (non-hydrogen) atoms. The second-order valence-electron chi connectivity index (χ2n) is 7.42. The van der Waals surface area contributed by atoms with Crippen LogP contribution >= 0.6 is 11.6 Å². The van der Waals surface area contributed by atoms with Crippen molar-refractivity contribution in [3.8, 4) is 5.75 Å². The van der Waals surface area contributed by atoms with Gasteiger partial charge in [0.15, 0.2) is 0 Å². The zero-order chi connectivity index (χ0) is 20.7. The van der Waals surface area contributed by atoms with Crippen LogP contribution < -0.4 is 10.1 Å². The van der Waals surface area contributed by atoms with Crippen LogP contribution in [0.1, 0.15) is 22.0 Å². The summed E-state index contributed by atoms with van der Waals surface area (Å²) in [5, 5.41) is 6.74. The largest absolute Gasteiger partial charge is 0.493 e. The fraction of sp³-hybridized carbons (Fsp3) is 0.217. The maximum Gasteiger partial charge on any atom is 0.266 e. The first kappa shape index (κ1) is 18.9. The maximum atomic E-state index is 13.0. The Morgan fingerprint density at radius 2 is 1.83 bits per heavy atom. The molecule has 0 spiro atoms. The molecule has 0 aromatic heterocycles. The molecule has 0 unspecified atom stereocenters. The molecule has 1 saturated heterocycles. The molecular formula is C23H19ClN2O4. The Labute approximate surface area is 178 Å². The van der Waals surface area contributed by atoms with E-state index in [1.807, 2.05) is 36.4 Å². The number of carbonyl (C=O) groups excluding carboxylic acids is 2. The van der Waals surface area contributed by atoms with Crippen LogP contribution in [0.25, 0.3) is 10.8 Å². The van der Waals surface area contributed by atoms with E-state index >= 15 is 0 Å². The second kappa shape index (κ2) is 7.63. The number of carbonyl (C=O) groups is 2. The van der Waals surface area contributed by atoms with Gasteiger partial charge in [0, 0.05) is 22.1 Å². The van der Waals surface area contributed by atoms with Crippen LogP contribution in [-0.2, 0) is 9.63 Å². The van der Waals surface area contributed by atoms with Gasteiger partial charge in [-0.25, -0.2) is 5.06 Å². The van der Waals surface area contributed by atoms with Crippen LogP contribution in [0.3, 0.4) is 0 Å².